The molecule has 1 amide bonds. The second-order valence-electron chi connectivity index (χ2n) is 7.70. The van der Waals surface area contributed by atoms with Gasteiger partial charge >= 0.3 is 0 Å². The number of nitrogens with zero attached hydrogens (tertiary/aromatic N) is 4. The van der Waals surface area contributed by atoms with Gasteiger partial charge in [-0.1, -0.05) is 6.07 Å². The number of aryl methyl sites for hydroxylation is 1. The molecule has 1 fully saturated rings. The van der Waals surface area contributed by atoms with Gasteiger partial charge < -0.3 is 14.2 Å². The molecule has 0 aliphatic heterocycles. The van der Waals surface area contributed by atoms with E-state index in [4.69, 9.17) is 13.9 Å². The highest BCUT2D eigenvalue weighted by molar-refractivity contribution is 7.98. The molecule has 1 N–H and O–H groups in total. The third kappa shape index (κ3) is 4.62. The van der Waals surface area contributed by atoms with Gasteiger partial charge in [-0.15, -0.1) is 10.2 Å². The van der Waals surface area contributed by atoms with Gasteiger partial charge in [-0.25, -0.2) is 4.68 Å². The molecule has 0 spiro atoms. The summed E-state index contributed by atoms with van der Waals surface area (Å²) in [7, 11) is 0. The molecule has 0 unspecified atom stereocenters. The van der Waals surface area contributed by atoms with Crippen molar-refractivity contribution in [1.82, 2.24) is 25.3 Å². The van der Waals surface area contributed by atoms with E-state index in [2.05, 4.69) is 15.5 Å². The lowest BCUT2D eigenvalue weighted by Gasteiger charge is -2.09. The Morgan fingerprint density at radius 1 is 1.22 bits per heavy atom. The van der Waals surface area contributed by atoms with Gasteiger partial charge in [0, 0.05) is 36.4 Å². The van der Waals surface area contributed by atoms with Crippen LogP contribution in [0.25, 0.3) is 17.3 Å². The molecule has 1 saturated carbocycles. The van der Waals surface area contributed by atoms with Gasteiger partial charge in [0.25, 0.3) is 11.8 Å². The molecule has 0 atom stereocenters. The molecule has 3 aromatic heterocycles. The van der Waals surface area contributed by atoms with Crippen molar-refractivity contribution >= 4 is 17.7 Å². The summed E-state index contributed by atoms with van der Waals surface area (Å²) in [6, 6.07) is 13.4. The average Bonchev–Trinajstić information content (AvgIpc) is 3.18. The molecule has 3 heterocycles. The topological polar surface area (TPSA) is 99.0 Å². The highest BCUT2D eigenvalue weighted by Gasteiger charge is 2.30. The molecule has 0 bridgehead atoms. The third-order valence-electron chi connectivity index (χ3n) is 5.19. The van der Waals surface area contributed by atoms with Crippen LogP contribution in [-0.4, -0.2) is 38.2 Å². The smallest absolute Gasteiger partial charge is 0.268 e. The SMILES string of the molecule is Cc1nnc(-c2cc(C3CC3)n(-c3cccc(C(=O)NCCSCc4ccco4)c3)n2)o1. The van der Waals surface area contributed by atoms with E-state index < -0.39 is 0 Å². The quantitative estimate of drug-likeness (QED) is 0.379. The van der Waals surface area contributed by atoms with Crippen LogP contribution in [0.2, 0.25) is 0 Å². The molecule has 5 rings (SSSR count). The number of aromatic nitrogens is 4. The molecule has 0 saturated heterocycles. The van der Waals surface area contributed by atoms with Crippen molar-refractivity contribution in [2.24, 2.45) is 0 Å². The van der Waals surface area contributed by atoms with Crippen molar-refractivity contribution < 1.29 is 13.6 Å². The van der Waals surface area contributed by atoms with E-state index in [-0.39, 0.29) is 5.91 Å². The Morgan fingerprint density at radius 3 is 2.88 bits per heavy atom. The molecule has 164 valence electrons. The summed E-state index contributed by atoms with van der Waals surface area (Å²) in [5, 5.41) is 15.7. The largest absolute Gasteiger partial charge is 0.468 e. The molecule has 4 aromatic rings. The minimum atomic E-state index is -0.0988. The van der Waals surface area contributed by atoms with Crippen molar-refractivity contribution in [3.8, 4) is 17.3 Å². The Kier molecular flexibility index (Phi) is 5.81. The predicted octanol–water partition coefficient (Wildman–Crippen LogP) is 4.36. The molecule has 1 aliphatic rings. The first-order valence-corrected chi connectivity index (χ1v) is 11.7. The average molecular weight is 450 g/mol. The maximum atomic E-state index is 12.7. The maximum absolute atomic E-state index is 12.7. The van der Waals surface area contributed by atoms with Crippen molar-refractivity contribution in [1.29, 1.82) is 0 Å². The zero-order valence-electron chi connectivity index (χ0n) is 17.7. The Hall–Kier alpha value is -3.33. The normalized spacial score (nSPS) is 13.4. The molecule has 9 heteroatoms. The summed E-state index contributed by atoms with van der Waals surface area (Å²) < 4.78 is 12.8. The lowest BCUT2D eigenvalue weighted by atomic mass is 10.1. The summed E-state index contributed by atoms with van der Waals surface area (Å²) in [5.41, 5.74) is 3.19. The van der Waals surface area contributed by atoms with Crippen molar-refractivity contribution in [3.63, 3.8) is 0 Å². The standard InChI is InChI=1S/C23H23N5O3S/c1-15-25-26-23(31-15)20-13-21(16-7-8-16)28(27-20)18-5-2-4-17(12-18)22(29)24-9-11-32-14-19-6-3-10-30-19/h2-6,10,12-13,16H,7-9,11,14H2,1H3,(H,24,29). The van der Waals surface area contributed by atoms with Crippen LogP contribution in [0.15, 0.2) is 57.6 Å². The highest BCUT2D eigenvalue weighted by Crippen LogP contribution is 2.42. The second-order valence-corrected chi connectivity index (χ2v) is 8.81. The van der Waals surface area contributed by atoms with E-state index in [1.54, 1.807) is 24.9 Å². The van der Waals surface area contributed by atoms with Gasteiger partial charge in [0.2, 0.25) is 5.89 Å². The summed E-state index contributed by atoms with van der Waals surface area (Å²) in [6.07, 6.45) is 3.93. The molecule has 32 heavy (non-hydrogen) atoms. The number of amides is 1. The monoisotopic (exact) mass is 449 g/mol. The van der Waals surface area contributed by atoms with Gasteiger partial charge in [-0.3, -0.25) is 4.79 Å². The summed E-state index contributed by atoms with van der Waals surface area (Å²) in [6.45, 7) is 2.34. The number of nitrogens with one attached hydrogen (secondary N) is 1. The number of thioether (sulfide) groups is 1. The summed E-state index contributed by atoms with van der Waals surface area (Å²) in [5.74, 6) is 3.82. The number of carbonyl (C=O) groups excluding carboxylic acids is 1. The van der Waals surface area contributed by atoms with E-state index in [0.29, 0.717) is 35.5 Å². The Morgan fingerprint density at radius 2 is 2.12 bits per heavy atom. The number of hydrogen-bond donors (Lipinski definition) is 1. The van der Waals surface area contributed by atoms with E-state index in [1.165, 1.54) is 0 Å². The van der Waals surface area contributed by atoms with Gasteiger partial charge in [0.05, 0.1) is 17.7 Å². The van der Waals surface area contributed by atoms with Gasteiger partial charge in [-0.2, -0.15) is 16.9 Å². The first-order chi connectivity index (χ1) is 15.7. The van der Waals surface area contributed by atoms with Crippen LogP contribution in [0.3, 0.4) is 0 Å². The van der Waals surface area contributed by atoms with Gasteiger partial charge in [-0.05, 0) is 49.2 Å². The third-order valence-corrected chi connectivity index (χ3v) is 6.17. The van der Waals surface area contributed by atoms with Gasteiger partial charge in [0.1, 0.15) is 11.5 Å². The van der Waals surface area contributed by atoms with Crippen LogP contribution in [-0.2, 0) is 5.75 Å². The number of furan rings is 1. The molecular formula is C23H23N5O3S. The Labute approximate surface area is 189 Å². The lowest BCUT2D eigenvalue weighted by molar-refractivity contribution is 0.0956. The van der Waals surface area contributed by atoms with Crippen LogP contribution in [0.1, 0.15) is 46.5 Å². The van der Waals surface area contributed by atoms with E-state index in [1.807, 2.05) is 47.1 Å². The number of hydrogen-bond acceptors (Lipinski definition) is 7. The predicted molar refractivity (Wildman–Crippen MR) is 121 cm³/mol. The van der Waals surface area contributed by atoms with Crippen LogP contribution < -0.4 is 5.32 Å². The Bertz CT molecular complexity index is 1210. The minimum absolute atomic E-state index is 0.0988. The molecule has 1 aliphatic carbocycles. The summed E-state index contributed by atoms with van der Waals surface area (Å²) in [4.78, 5) is 12.7. The summed E-state index contributed by atoms with van der Waals surface area (Å²) >= 11 is 1.72. The van der Waals surface area contributed by atoms with E-state index in [0.717, 1.165) is 41.5 Å². The number of carbonyl (C=O) groups is 1. The molecule has 0 radical (unpaired) electrons. The zero-order valence-corrected chi connectivity index (χ0v) is 18.5. The number of rotatable bonds is 9. The first-order valence-electron chi connectivity index (χ1n) is 10.6. The van der Waals surface area contributed by atoms with Crippen LogP contribution in [0.4, 0.5) is 0 Å². The fourth-order valence-corrected chi connectivity index (χ4v) is 4.22. The first kappa shape index (κ1) is 20.6. The maximum Gasteiger partial charge on any atom is 0.268 e. The van der Waals surface area contributed by atoms with Crippen molar-refractivity contribution in [3.05, 3.63) is 71.6 Å². The van der Waals surface area contributed by atoms with Crippen molar-refractivity contribution in [2.45, 2.75) is 31.4 Å². The fourth-order valence-electron chi connectivity index (χ4n) is 3.46. The minimum Gasteiger partial charge on any atom is -0.468 e. The molecular weight excluding hydrogens is 426 g/mol. The van der Waals surface area contributed by atoms with Crippen LogP contribution in [0, 0.1) is 6.92 Å². The van der Waals surface area contributed by atoms with E-state index >= 15 is 0 Å². The molecule has 8 nitrogen and oxygen atoms in total. The van der Waals surface area contributed by atoms with Crippen molar-refractivity contribution in [2.75, 3.05) is 12.3 Å². The van der Waals surface area contributed by atoms with Gasteiger partial charge in [0.15, 0.2) is 0 Å². The number of benzene rings is 1. The Balaban J connectivity index is 1.27. The van der Waals surface area contributed by atoms with Crippen LogP contribution >= 0.6 is 11.8 Å². The zero-order chi connectivity index (χ0) is 21.9. The molecule has 1 aromatic carbocycles. The lowest BCUT2D eigenvalue weighted by Crippen LogP contribution is -2.25. The van der Waals surface area contributed by atoms with Crippen LogP contribution in [0.5, 0.6) is 0 Å². The second kappa shape index (κ2) is 9.04. The highest BCUT2D eigenvalue weighted by atomic mass is 32.2. The van der Waals surface area contributed by atoms with E-state index in [9.17, 15) is 4.79 Å². The fraction of sp³-hybridized carbons (Fsp3) is 0.304.